The molecular formula is C28H36F2N2O3. The van der Waals surface area contributed by atoms with Gasteiger partial charge in [0.25, 0.3) is 0 Å². The standard InChI is InChI=1S/C28H36F2N2O3/c1-24-10-11-25(29)17-27(30)23(34)22(33)20(32(2)3)15-26(27)12-13-28(25,35-26)21(24)9-8-19(24)7-6-18-5-4-14-31-16-18/h4-8,14,16,20-23,33-34H,9-13,15,17H2,1-3H3. The summed E-state index contributed by atoms with van der Waals surface area (Å²) >= 11 is 0. The summed E-state index contributed by atoms with van der Waals surface area (Å²) in [6.07, 6.45) is 9.05. The SMILES string of the molecule is CN(C)C1CC23CCC4(O2)C2CC=C(C=Cc5cccnc5)C2(C)CCC4(F)CC3(F)C(O)C1O. The van der Waals surface area contributed by atoms with E-state index in [2.05, 4.69) is 24.1 Å². The quantitative estimate of drug-likeness (QED) is 0.676. The predicted octanol–water partition coefficient (Wildman–Crippen LogP) is 4.01. The van der Waals surface area contributed by atoms with E-state index >= 15 is 8.78 Å². The highest BCUT2D eigenvalue weighted by Gasteiger charge is 2.82. The first-order valence-electron chi connectivity index (χ1n) is 12.9. The number of aliphatic hydroxyl groups excluding tert-OH is 2. The summed E-state index contributed by atoms with van der Waals surface area (Å²) in [6, 6.07) is 3.45. The van der Waals surface area contributed by atoms with Crippen LogP contribution in [0.5, 0.6) is 0 Å². The predicted molar refractivity (Wildman–Crippen MR) is 129 cm³/mol. The number of nitrogens with zero attached hydrogens (tertiary/aromatic N) is 2. The molecular weight excluding hydrogens is 450 g/mol. The van der Waals surface area contributed by atoms with Crippen LogP contribution in [0.15, 0.2) is 42.3 Å². The molecule has 2 spiro atoms. The van der Waals surface area contributed by atoms with Crippen LogP contribution in [0, 0.1) is 11.3 Å². The number of likely N-dealkylation sites (N-methyl/N-ethyl adjacent to an activating group) is 1. The third-order valence-corrected chi connectivity index (χ3v) is 10.5. The molecule has 5 aliphatic rings. The Bertz CT molecular complexity index is 1080. The van der Waals surface area contributed by atoms with Crippen molar-refractivity contribution in [1.29, 1.82) is 0 Å². The molecule has 0 radical (unpaired) electrons. The Balaban J connectivity index is 1.36. The van der Waals surface area contributed by atoms with Crippen molar-refractivity contribution < 1.29 is 23.7 Å². The molecule has 190 valence electrons. The fourth-order valence-electron chi connectivity index (χ4n) is 8.48. The van der Waals surface area contributed by atoms with Gasteiger partial charge < -0.3 is 19.8 Å². The minimum Gasteiger partial charge on any atom is -0.389 e. The highest BCUT2D eigenvalue weighted by atomic mass is 19.2. The largest absolute Gasteiger partial charge is 0.389 e. The van der Waals surface area contributed by atoms with Crippen molar-refractivity contribution in [3.63, 3.8) is 0 Å². The number of pyridine rings is 1. The fraction of sp³-hybridized carbons (Fsp3) is 0.679. The molecule has 0 aromatic carbocycles. The first kappa shape index (κ1) is 23.7. The molecule has 2 saturated heterocycles. The normalized spacial score (nSPS) is 50.7. The molecule has 5 nitrogen and oxygen atoms in total. The molecule has 3 aliphatic carbocycles. The monoisotopic (exact) mass is 486 g/mol. The number of aliphatic hydroxyl groups is 2. The van der Waals surface area contributed by atoms with E-state index in [0.29, 0.717) is 25.7 Å². The van der Waals surface area contributed by atoms with E-state index in [9.17, 15) is 10.2 Å². The van der Waals surface area contributed by atoms with Crippen molar-refractivity contribution in [3.05, 3.63) is 47.8 Å². The molecule has 0 amide bonds. The van der Waals surface area contributed by atoms with Crippen molar-refractivity contribution in [3.8, 4) is 0 Å². The van der Waals surface area contributed by atoms with Crippen molar-refractivity contribution in [2.24, 2.45) is 11.3 Å². The number of alkyl halides is 2. The lowest BCUT2D eigenvalue weighted by molar-refractivity contribution is -0.347. The molecule has 1 aromatic rings. The summed E-state index contributed by atoms with van der Waals surface area (Å²) < 4.78 is 40.6. The van der Waals surface area contributed by atoms with Gasteiger partial charge in [0, 0.05) is 30.8 Å². The molecule has 1 aromatic heterocycles. The van der Waals surface area contributed by atoms with Gasteiger partial charge >= 0.3 is 0 Å². The molecule has 2 aliphatic heterocycles. The van der Waals surface area contributed by atoms with Crippen LogP contribution in [0.4, 0.5) is 8.78 Å². The van der Waals surface area contributed by atoms with E-state index in [1.807, 2.05) is 43.4 Å². The minimum absolute atomic E-state index is 0.104. The molecule has 3 heterocycles. The number of halogens is 2. The molecule has 35 heavy (non-hydrogen) atoms. The highest BCUT2D eigenvalue weighted by Crippen LogP contribution is 2.73. The van der Waals surface area contributed by atoms with Crippen molar-refractivity contribution in [2.75, 3.05) is 14.1 Å². The molecule has 6 rings (SSSR count). The zero-order valence-corrected chi connectivity index (χ0v) is 20.8. The average Bonchev–Trinajstić information content (AvgIpc) is 3.36. The maximum absolute atomic E-state index is 17.0. The molecule has 9 atom stereocenters. The van der Waals surface area contributed by atoms with Gasteiger partial charge in [0.2, 0.25) is 0 Å². The molecule has 7 heteroatoms. The van der Waals surface area contributed by atoms with Gasteiger partial charge in [-0.2, -0.15) is 0 Å². The Labute approximate surface area is 205 Å². The van der Waals surface area contributed by atoms with Gasteiger partial charge in [-0.15, -0.1) is 0 Å². The number of hydrogen-bond donors (Lipinski definition) is 2. The second-order valence-electron chi connectivity index (χ2n) is 12.1. The summed E-state index contributed by atoms with van der Waals surface area (Å²) in [5.74, 6) is -0.104. The summed E-state index contributed by atoms with van der Waals surface area (Å²) in [5, 5.41) is 21.8. The van der Waals surface area contributed by atoms with Gasteiger partial charge in [0.1, 0.15) is 23.0 Å². The summed E-state index contributed by atoms with van der Waals surface area (Å²) in [6.45, 7) is 2.20. The van der Waals surface area contributed by atoms with Crippen molar-refractivity contribution >= 4 is 6.08 Å². The van der Waals surface area contributed by atoms with Gasteiger partial charge in [-0.3, -0.25) is 4.98 Å². The Morgan fingerprint density at radius 2 is 1.94 bits per heavy atom. The van der Waals surface area contributed by atoms with E-state index in [0.717, 1.165) is 5.56 Å². The average molecular weight is 487 g/mol. The van der Waals surface area contributed by atoms with Gasteiger partial charge in [-0.25, -0.2) is 8.78 Å². The topological polar surface area (TPSA) is 65.8 Å². The lowest BCUT2D eigenvalue weighted by atomic mass is 9.51. The Hall–Kier alpha value is -1.67. The maximum Gasteiger partial charge on any atom is 0.171 e. The first-order chi connectivity index (χ1) is 16.5. The lowest BCUT2D eigenvalue weighted by Crippen LogP contribution is -2.78. The van der Waals surface area contributed by atoms with Crippen LogP contribution in [0.2, 0.25) is 0 Å². The summed E-state index contributed by atoms with van der Waals surface area (Å²) in [7, 11) is 3.63. The number of rotatable bonds is 3. The number of hydrogen-bond acceptors (Lipinski definition) is 5. The van der Waals surface area contributed by atoms with Crippen LogP contribution in [0.3, 0.4) is 0 Å². The number of fused-ring (bicyclic) bond motifs is 1. The van der Waals surface area contributed by atoms with Crippen LogP contribution < -0.4 is 0 Å². The second kappa shape index (κ2) is 7.44. The Kier molecular flexibility index (Phi) is 5.04. The summed E-state index contributed by atoms with van der Waals surface area (Å²) in [4.78, 5) is 5.99. The van der Waals surface area contributed by atoms with E-state index in [1.54, 1.807) is 6.20 Å². The van der Waals surface area contributed by atoms with Crippen molar-refractivity contribution in [1.82, 2.24) is 9.88 Å². The zero-order chi connectivity index (χ0) is 24.9. The smallest absolute Gasteiger partial charge is 0.171 e. The minimum atomic E-state index is -2.31. The van der Waals surface area contributed by atoms with Gasteiger partial charge in [0.15, 0.2) is 5.67 Å². The highest BCUT2D eigenvalue weighted by molar-refractivity contribution is 5.54. The van der Waals surface area contributed by atoms with Crippen LogP contribution in [-0.4, -0.2) is 75.0 Å². The molecule has 4 fully saturated rings. The number of allylic oxidation sites excluding steroid dienone is 3. The van der Waals surface area contributed by atoms with Gasteiger partial charge in [0.05, 0.1) is 6.10 Å². The van der Waals surface area contributed by atoms with E-state index in [1.165, 1.54) is 5.57 Å². The van der Waals surface area contributed by atoms with E-state index < -0.39 is 47.2 Å². The van der Waals surface area contributed by atoms with Crippen LogP contribution in [0.25, 0.3) is 6.08 Å². The lowest BCUT2D eigenvalue weighted by Gasteiger charge is -2.65. The van der Waals surface area contributed by atoms with Gasteiger partial charge in [-0.1, -0.05) is 31.2 Å². The van der Waals surface area contributed by atoms with Crippen LogP contribution >= 0.6 is 0 Å². The third kappa shape index (κ3) is 2.90. The molecule has 9 unspecified atom stereocenters. The number of ether oxygens (including phenoxy) is 1. The van der Waals surface area contributed by atoms with Crippen LogP contribution in [-0.2, 0) is 4.74 Å². The summed E-state index contributed by atoms with van der Waals surface area (Å²) in [5.41, 5.74) is -4.66. The first-order valence-corrected chi connectivity index (χ1v) is 12.9. The van der Waals surface area contributed by atoms with E-state index in [-0.39, 0.29) is 24.2 Å². The van der Waals surface area contributed by atoms with E-state index in [4.69, 9.17) is 4.74 Å². The molecule has 2 N–H and O–H groups in total. The zero-order valence-electron chi connectivity index (χ0n) is 20.8. The van der Waals surface area contributed by atoms with Crippen molar-refractivity contribution in [2.45, 2.75) is 92.7 Å². The Morgan fingerprint density at radius 1 is 1.14 bits per heavy atom. The Morgan fingerprint density at radius 3 is 2.66 bits per heavy atom. The van der Waals surface area contributed by atoms with Crippen LogP contribution in [0.1, 0.15) is 57.4 Å². The number of aromatic nitrogens is 1. The maximum atomic E-state index is 17.0. The second-order valence-corrected chi connectivity index (χ2v) is 12.1. The third-order valence-electron chi connectivity index (χ3n) is 10.5. The molecule has 2 saturated carbocycles. The fourth-order valence-corrected chi connectivity index (χ4v) is 8.48. The molecule has 2 bridgehead atoms. The van der Waals surface area contributed by atoms with Gasteiger partial charge in [-0.05, 0) is 75.2 Å².